The van der Waals surface area contributed by atoms with E-state index in [0.717, 1.165) is 36.7 Å². The van der Waals surface area contributed by atoms with Crippen LogP contribution in [0.3, 0.4) is 0 Å². The van der Waals surface area contributed by atoms with Crippen LogP contribution < -0.4 is 0 Å². The van der Waals surface area contributed by atoms with Crippen LogP contribution >= 0.6 is 0 Å². The Bertz CT molecular complexity index is 958. The number of carboxylic acid groups (broad SMARTS) is 1. The average molecular weight is 414 g/mol. The first-order valence-corrected chi connectivity index (χ1v) is 11.4. The van der Waals surface area contributed by atoms with E-state index in [1.54, 1.807) is 12.1 Å². The summed E-state index contributed by atoms with van der Waals surface area (Å²) >= 11 is 0. The Labute approximate surface area is 185 Å². The van der Waals surface area contributed by atoms with E-state index in [1.807, 2.05) is 12.1 Å². The van der Waals surface area contributed by atoms with Gasteiger partial charge in [0.2, 0.25) is 0 Å². The van der Waals surface area contributed by atoms with Crippen LogP contribution in [0.1, 0.15) is 53.6 Å². The van der Waals surface area contributed by atoms with Crippen molar-refractivity contribution in [3.63, 3.8) is 0 Å². The van der Waals surface area contributed by atoms with Crippen LogP contribution in [-0.4, -0.2) is 22.5 Å². The van der Waals surface area contributed by atoms with Gasteiger partial charge in [-0.15, -0.1) is 0 Å². The smallest absolute Gasteiger partial charge is 0.335 e. The lowest BCUT2D eigenvalue weighted by molar-refractivity contribution is 0.0697. The van der Waals surface area contributed by atoms with Crippen molar-refractivity contribution in [3.8, 4) is 11.1 Å². The van der Waals surface area contributed by atoms with E-state index in [0.29, 0.717) is 5.56 Å². The molecular weight excluding hydrogens is 382 g/mol. The number of carbonyl (C=O) groups is 1. The Morgan fingerprint density at radius 2 is 1.29 bits per heavy atom. The summed E-state index contributed by atoms with van der Waals surface area (Å²) in [5.41, 5.74) is 5.16. The third kappa shape index (κ3) is 6.05. The number of carboxylic acids is 1. The molecule has 0 aromatic heterocycles. The normalized spacial score (nSPS) is 14.6. The molecule has 0 saturated heterocycles. The third-order valence-electron chi connectivity index (χ3n) is 6.32. The molecule has 3 heteroatoms. The molecule has 1 aliphatic rings. The van der Waals surface area contributed by atoms with Crippen LogP contribution in [0.2, 0.25) is 0 Å². The Kier molecular flexibility index (Phi) is 7.16. The van der Waals surface area contributed by atoms with Gasteiger partial charge >= 0.3 is 5.97 Å². The standard InChI is InChI=1S/C28H31NO2/c30-28(31)27-17-15-26(16-18-27)25-13-11-24(12-14-25)21-29(19-22-7-3-1-4-8-22)20-23-9-5-2-6-10-23/h1,3-4,7-8,11-18,23H,2,5-6,9-10,19-21H2,(H,30,31). The Morgan fingerprint density at radius 3 is 1.87 bits per heavy atom. The predicted octanol–water partition coefficient (Wildman–Crippen LogP) is 6.63. The zero-order valence-electron chi connectivity index (χ0n) is 18.0. The van der Waals surface area contributed by atoms with Gasteiger partial charge in [-0.2, -0.15) is 0 Å². The molecule has 31 heavy (non-hydrogen) atoms. The van der Waals surface area contributed by atoms with Gasteiger partial charge in [0.25, 0.3) is 0 Å². The molecule has 0 aliphatic heterocycles. The highest BCUT2D eigenvalue weighted by atomic mass is 16.4. The quantitative estimate of drug-likeness (QED) is 0.450. The molecule has 3 aromatic rings. The first-order valence-electron chi connectivity index (χ1n) is 11.4. The van der Waals surface area contributed by atoms with Crippen molar-refractivity contribution in [2.45, 2.75) is 45.2 Å². The van der Waals surface area contributed by atoms with E-state index in [4.69, 9.17) is 5.11 Å². The number of hydrogen-bond donors (Lipinski definition) is 1. The van der Waals surface area contributed by atoms with Crippen molar-refractivity contribution in [1.29, 1.82) is 0 Å². The first-order chi connectivity index (χ1) is 15.2. The molecular formula is C28H31NO2. The van der Waals surface area contributed by atoms with Crippen molar-refractivity contribution >= 4 is 5.97 Å². The highest BCUT2D eigenvalue weighted by Crippen LogP contribution is 2.26. The Balaban J connectivity index is 1.45. The van der Waals surface area contributed by atoms with Crippen molar-refractivity contribution in [2.24, 2.45) is 5.92 Å². The van der Waals surface area contributed by atoms with E-state index in [-0.39, 0.29) is 0 Å². The van der Waals surface area contributed by atoms with Crippen molar-refractivity contribution in [1.82, 2.24) is 4.90 Å². The number of rotatable bonds is 8. The number of benzene rings is 3. The van der Waals surface area contributed by atoms with Crippen LogP contribution in [0.25, 0.3) is 11.1 Å². The zero-order chi connectivity index (χ0) is 21.5. The fraction of sp³-hybridized carbons (Fsp3) is 0.321. The molecule has 3 nitrogen and oxygen atoms in total. The maximum Gasteiger partial charge on any atom is 0.335 e. The van der Waals surface area contributed by atoms with Crippen LogP contribution in [0.15, 0.2) is 78.9 Å². The van der Waals surface area contributed by atoms with Crippen LogP contribution in [-0.2, 0) is 13.1 Å². The number of hydrogen-bond acceptors (Lipinski definition) is 2. The highest BCUT2D eigenvalue weighted by Gasteiger charge is 2.18. The molecule has 1 aliphatic carbocycles. The second kappa shape index (κ2) is 10.4. The van der Waals surface area contributed by atoms with Gasteiger partial charge in [-0.05, 0) is 53.1 Å². The second-order valence-electron chi connectivity index (χ2n) is 8.74. The van der Waals surface area contributed by atoms with Crippen molar-refractivity contribution in [3.05, 3.63) is 95.6 Å². The number of aromatic carboxylic acids is 1. The van der Waals surface area contributed by atoms with Gasteiger partial charge in [0.1, 0.15) is 0 Å². The molecule has 0 amide bonds. The molecule has 160 valence electrons. The van der Waals surface area contributed by atoms with Crippen LogP contribution in [0.5, 0.6) is 0 Å². The largest absolute Gasteiger partial charge is 0.478 e. The van der Waals surface area contributed by atoms with E-state index < -0.39 is 5.97 Å². The molecule has 1 saturated carbocycles. The van der Waals surface area contributed by atoms with Crippen LogP contribution in [0, 0.1) is 5.92 Å². The molecule has 1 fully saturated rings. The summed E-state index contributed by atoms with van der Waals surface area (Å²) in [6, 6.07) is 26.6. The van der Waals surface area contributed by atoms with Crippen molar-refractivity contribution in [2.75, 3.05) is 6.54 Å². The van der Waals surface area contributed by atoms with Gasteiger partial charge in [-0.3, -0.25) is 4.90 Å². The minimum absolute atomic E-state index is 0.319. The minimum atomic E-state index is -0.890. The van der Waals surface area contributed by atoms with E-state index in [1.165, 1.54) is 43.2 Å². The zero-order valence-corrected chi connectivity index (χ0v) is 18.0. The lowest BCUT2D eigenvalue weighted by atomic mass is 9.88. The SMILES string of the molecule is O=C(O)c1ccc(-c2ccc(CN(Cc3ccccc3)CC3CCCCC3)cc2)cc1. The fourth-order valence-corrected chi connectivity index (χ4v) is 4.63. The Morgan fingerprint density at radius 1 is 0.742 bits per heavy atom. The second-order valence-corrected chi connectivity index (χ2v) is 8.74. The molecule has 4 rings (SSSR count). The topological polar surface area (TPSA) is 40.5 Å². The van der Waals surface area contributed by atoms with Crippen molar-refractivity contribution < 1.29 is 9.90 Å². The molecule has 0 spiro atoms. The van der Waals surface area contributed by atoms with Gasteiger partial charge in [-0.25, -0.2) is 4.79 Å². The molecule has 0 atom stereocenters. The molecule has 1 N–H and O–H groups in total. The van der Waals surface area contributed by atoms with Crippen LogP contribution in [0.4, 0.5) is 0 Å². The van der Waals surface area contributed by atoms with Gasteiger partial charge < -0.3 is 5.11 Å². The molecule has 0 heterocycles. The molecule has 0 unspecified atom stereocenters. The fourth-order valence-electron chi connectivity index (χ4n) is 4.63. The van der Waals surface area contributed by atoms with E-state index >= 15 is 0 Å². The predicted molar refractivity (Wildman–Crippen MR) is 126 cm³/mol. The van der Waals surface area contributed by atoms with Gasteiger partial charge in [0.15, 0.2) is 0 Å². The maximum atomic E-state index is 11.1. The number of nitrogens with zero attached hydrogens (tertiary/aromatic N) is 1. The summed E-state index contributed by atoms with van der Waals surface area (Å²) in [6.45, 7) is 3.09. The first kappa shape index (κ1) is 21.3. The van der Waals surface area contributed by atoms with Gasteiger partial charge in [0, 0.05) is 19.6 Å². The van der Waals surface area contributed by atoms with E-state index in [9.17, 15) is 4.79 Å². The maximum absolute atomic E-state index is 11.1. The van der Waals surface area contributed by atoms with Gasteiger partial charge in [-0.1, -0.05) is 86.0 Å². The molecule has 0 bridgehead atoms. The van der Waals surface area contributed by atoms with E-state index in [2.05, 4.69) is 59.5 Å². The monoisotopic (exact) mass is 413 g/mol. The lowest BCUT2D eigenvalue weighted by Gasteiger charge is -2.30. The molecule has 3 aromatic carbocycles. The van der Waals surface area contributed by atoms with Gasteiger partial charge in [0.05, 0.1) is 5.56 Å². The summed E-state index contributed by atoms with van der Waals surface area (Å²) < 4.78 is 0. The minimum Gasteiger partial charge on any atom is -0.478 e. The lowest BCUT2D eigenvalue weighted by Crippen LogP contribution is -2.30. The summed E-state index contributed by atoms with van der Waals surface area (Å²) in [5.74, 6) is -0.0807. The summed E-state index contributed by atoms with van der Waals surface area (Å²) in [4.78, 5) is 13.7. The summed E-state index contributed by atoms with van der Waals surface area (Å²) in [5, 5.41) is 9.09. The summed E-state index contributed by atoms with van der Waals surface area (Å²) in [6.07, 6.45) is 6.86. The Hall–Kier alpha value is -2.91. The summed E-state index contributed by atoms with van der Waals surface area (Å²) in [7, 11) is 0. The average Bonchev–Trinajstić information content (AvgIpc) is 2.81. The third-order valence-corrected chi connectivity index (χ3v) is 6.32. The highest BCUT2D eigenvalue weighted by molar-refractivity contribution is 5.88. The molecule has 0 radical (unpaired) electrons.